The van der Waals surface area contributed by atoms with Gasteiger partial charge in [0, 0.05) is 22.7 Å². The number of nitrogens with one attached hydrogen (secondary N) is 2. The predicted octanol–water partition coefficient (Wildman–Crippen LogP) is 1.39. The van der Waals surface area contributed by atoms with Crippen LogP contribution in [0.5, 0.6) is 0 Å². The van der Waals surface area contributed by atoms with Gasteiger partial charge in [0.05, 0.1) is 14.2 Å². The van der Waals surface area contributed by atoms with Crippen LogP contribution >= 0.6 is 11.8 Å². The van der Waals surface area contributed by atoms with E-state index < -0.39 is 17.5 Å². The van der Waals surface area contributed by atoms with Crippen LogP contribution in [-0.4, -0.2) is 48.3 Å². The average molecular weight is 360 g/mol. The first kappa shape index (κ1) is 17.0. The minimum atomic E-state index is -1.76. The Labute approximate surface area is 147 Å². The quantitative estimate of drug-likeness (QED) is 0.802. The molecule has 2 heterocycles. The number of methoxy groups -OCH3 is 2. The Morgan fingerprint density at radius 3 is 2.64 bits per heavy atom. The average Bonchev–Trinajstić information content (AvgIpc) is 3.10. The van der Waals surface area contributed by atoms with Crippen molar-refractivity contribution in [2.24, 2.45) is 10.1 Å². The zero-order valence-electron chi connectivity index (χ0n) is 13.8. The first-order chi connectivity index (χ1) is 12.1. The Bertz CT molecular complexity index is 904. The van der Waals surface area contributed by atoms with Crippen molar-refractivity contribution >= 4 is 45.5 Å². The highest BCUT2D eigenvalue weighted by Crippen LogP contribution is 2.37. The SMILES string of the molecule is COC(=O)C1=NNC(SC)=NC1(C(=O)OC)c1c[nH]c2ccccc12. The summed E-state index contributed by atoms with van der Waals surface area (Å²) in [6.07, 6.45) is 3.41. The normalized spacial score (nSPS) is 19.6. The molecule has 0 aliphatic carbocycles. The molecule has 1 aliphatic heterocycles. The van der Waals surface area contributed by atoms with Gasteiger partial charge in [-0.3, -0.25) is 5.43 Å². The maximum Gasteiger partial charge on any atom is 0.357 e. The molecule has 1 aromatic carbocycles. The molecule has 0 saturated heterocycles. The third-order valence-electron chi connectivity index (χ3n) is 3.91. The Morgan fingerprint density at radius 1 is 1.20 bits per heavy atom. The summed E-state index contributed by atoms with van der Waals surface area (Å²) in [5.74, 6) is -1.50. The molecule has 0 amide bonds. The maximum absolute atomic E-state index is 12.9. The van der Waals surface area contributed by atoms with E-state index in [-0.39, 0.29) is 5.71 Å². The molecule has 1 aliphatic rings. The number of amidine groups is 1. The number of para-hydroxylation sites is 1. The number of aromatic amines is 1. The lowest BCUT2D eigenvalue weighted by atomic mass is 9.84. The number of ether oxygens (including phenoxy) is 2. The van der Waals surface area contributed by atoms with Crippen molar-refractivity contribution in [3.63, 3.8) is 0 Å². The fourth-order valence-corrected chi connectivity index (χ4v) is 3.12. The van der Waals surface area contributed by atoms with Crippen LogP contribution in [0.4, 0.5) is 0 Å². The largest absolute Gasteiger partial charge is 0.467 e. The number of thioether (sulfide) groups is 1. The van der Waals surface area contributed by atoms with E-state index in [2.05, 4.69) is 20.5 Å². The zero-order valence-corrected chi connectivity index (χ0v) is 14.6. The van der Waals surface area contributed by atoms with Crippen LogP contribution in [0.25, 0.3) is 10.9 Å². The van der Waals surface area contributed by atoms with Crippen LogP contribution in [0.3, 0.4) is 0 Å². The number of esters is 2. The summed E-state index contributed by atoms with van der Waals surface area (Å²) in [7, 11) is 2.46. The minimum Gasteiger partial charge on any atom is -0.467 e. The van der Waals surface area contributed by atoms with E-state index in [0.717, 1.165) is 10.9 Å². The van der Waals surface area contributed by atoms with Gasteiger partial charge >= 0.3 is 11.9 Å². The van der Waals surface area contributed by atoms with E-state index in [0.29, 0.717) is 10.7 Å². The molecule has 3 rings (SSSR count). The number of rotatable bonds is 3. The molecule has 130 valence electrons. The molecule has 1 aromatic heterocycles. The highest BCUT2D eigenvalue weighted by atomic mass is 32.2. The monoisotopic (exact) mass is 360 g/mol. The van der Waals surface area contributed by atoms with Gasteiger partial charge in [-0.15, -0.1) is 0 Å². The maximum atomic E-state index is 12.9. The molecule has 0 fully saturated rings. The lowest BCUT2D eigenvalue weighted by Crippen LogP contribution is -2.51. The van der Waals surface area contributed by atoms with Crippen molar-refractivity contribution in [2.45, 2.75) is 5.54 Å². The number of H-pyrrole nitrogens is 1. The van der Waals surface area contributed by atoms with Gasteiger partial charge in [0.15, 0.2) is 10.9 Å². The molecular formula is C16H16N4O4S. The zero-order chi connectivity index (χ0) is 18.0. The van der Waals surface area contributed by atoms with Crippen LogP contribution in [0.2, 0.25) is 0 Å². The van der Waals surface area contributed by atoms with Gasteiger partial charge in [0.2, 0.25) is 5.54 Å². The van der Waals surface area contributed by atoms with Gasteiger partial charge in [0.25, 0.3) is 0 Å². The Hall–Kier alpha value is -2.81. The van der Waals surface area contributed by atoms with Gasteiger partial charge in [-0.05, 0) is 12.3 Å². The Kier molecular flexibility index (Phi) is 4.49. The van der Waals surface area contributed by atoms with Crippen molar-refractivity contribution in [1.82, 2.24) is 10.4 Å². The second-order valence-corrected chi connectivity index (χ2v) is 5.93. The molecule has 2 N–H and O–H groups in total. The molecule has 1 atom stereocenters. The van der Waals surface area contributed by atoms with Crippen LogP contribution in [0.1, 0.15) is 5.56 Å². The first-order valence-electron chi connectivity index (χ1n) is 7.29. The van der Waals surface area contributed by atoms with Crippen molar-refractivity contribution in [2.75, 3.05) is 20.5 Å². The molecule has 1 unspecified atom stereocenters. The lowest BCUT2D eigenvalue weighted by Gasteiger charge is -2.30. The van der Waals surface area contributed by atoms with Crippen LogP contribution in [0.15, 0.2) is 40.6 Å². The number of aromatic nitrogens is 1. The fourth-order valence-electron chi connectivity index (χ4n) is 2.75. The summed E-state index contributed by atoms with van der Waals surface area (Å²) in [6, 6.07) is 7.39. The third-order valence-corrected chi connectivity index (χ3v) is 4.48. The summed E-state index contributed by atoms with van der Waals surface area (Å²) < 4.78 is 9.81. The predicted molar refractivity (Wildman–Crippen MR) is 95.5 cm³/mol. The fraction of sp³-hybridized carbons (Fsp3) is 0.250. The number of hydrogen-bond donors (Lipinski definition) is 2. The molecule has 0 radical (unpaired) electrons. The van der Waals surface area contributed by atoms with Crippen molar-refractivity contribution in [1.29, 1.82) is 0 Å². The molecular weight excluding hydrogens is 344 g/mol. The lowest BCUT2D eigenvalue weighted by molar-refractivity contribution is -0.146. The number of carbonyl (C=O) groups is 2. The minimum absolute atomic E-state index is 0.190. The number of fused-ring (bicyclic) bond motifs is 1. The molecule has 0 saturated carbocycles. The standard InChI is InChI=1S/C16H16N4O4S/c1-23-13(21)12-16(14(22)24-2,18-15(25-3)20-19-12)10-8-17-11-7-5-4-6-9(10)11/h4-8,17H,1-3H3,(H,18,20). The van der Waals surface area contributed by atoms with E-state index in [1.165, 1.54) is 26.0 Å². The van der Waals surface area contributed by atoms with E-state index in [9.17, 15) is 9.59 Å². The van der Waals surface area contributed by atoms with Crippen LogP contribution < -0.4 is 5.43 Å². The van der Waals surface area contributed by atoms with E-state index in [1.807, 2.05) is 24.3 Å². The number of aliphatic imine (C=N–C) groups is 1. The van der Waals surface area contributed by atoms with Crippen LogP contribution in [0, 0.1) is 0 Å². The van der Waals surface area contributed by atoms with Gasteiger partial charge in [-0.1, -0.05) is 30.0 Å². The smallest absolute Gasteiger partial charge is 0.357 e. The number of benzene rings is 1. The second kappa shape index (κ2) is 6.60. The summed E-state index contributed by atoms with van der Waals surface area (Å²) in [6.45, 7) is 0. The number of hydrazone groups is 1. The first-order valence-corrected chi connectivity index (χ1v) is 8.52. The van der Waals surface area contributed by atoms with Gasteiger partial charge in [0.1, 0.15) is 0 Å². The van der Waals surface area contributed by atoms with Crippen molar-refractivity contribution in [3.8, 4) is 0 Å². The number of nitrogens with zero attached hydrogens (tertiary/aromatic N) is 2. The number of hydrogen-bond acceptors (Lipinski definition) is 8. The number of carbonyl (C=O) groups excluding carboxylic acids is 2. The Morgan fingerprint density at radius 2 is 1.96 bits per heavy atom. The summed E-state index contributed by atoms with van der Waals surface area (Å²) in [5, 5.41) is 5.17. The topological polar surface area (TPSA) is 105 Å². The Balaban J connectivity index is 2.35. The molecule has 25 heavy (non-hydrogen) atoms. The molecule has 0 bridgehead atoms. The van der Waals surface area contributed by atoms with Crippen molar-refractivity contribution in [3.05, 3.63) is 36.0 Å². The van der Waals surface area contributed by atoms with Gasteiger partial charge in [-0.25, -0.2) is 14.6 Å². The van der Waals surface area contributed by atoms with Crippen molar-refractivity contribution < 1.29 is 19.1 Å². The highest BCUT2D eigenvalue weighted by molar-refractivity contribution is 8.13. The van der Waals surface area contributed by atoms with Crippen LogP contribution in [-0.2, 0) is 24.6 Å². The van der Waals surface area contributed by atoms with E-state index in [1.54, 1.807) is 12.5 Å². The molecule has 0 spiro atoms. The van der Waals surface area contributed by atoms with E-state index in [4.69, 9.17) is 9.47 Å². The van der Waals surface area contributed by atoms with Gasteiger partial charge < -0.3 is 14.5 Å². The molecule has 9 heteroatoms. The van der Waals surface area contributed by atoms with Gasteiger partial charge in [-0.2, -0.15) is 5.10 Å². The highest BCUT2D eigenvalue weighted by Gasteiger charge is 2.53. The summed E-state index contributed by atoms with van der Waals surface area (Å²) in [4.78, 5) is 32.8. The second-order valence-electron chi connectivity index (χ2n) is 5.13. The summed E-state index contributed by atoms with van der Waals surface area (Å²) >= 11 is 1.26. The third kappa shape index (κ3) is 2.56. The molecule has 8 nitrogen and oxygen atoms in total. The summed E-state index contributed by atoms with van der Waals surface area (Å²) in [5.41, 5.74) is 1.97. The molecule has 2 aromatic rings. The van der Waals surface area contributed by atoms with E-state index >= 15 is 0 Å².